The first-order valence-corrected chi connectivity index (χ1v) is 6.63. The number of pyridine rings is 1. The van der Waals surface area contributed by atoms with E-state index in [4.69, 9.17) is 10.5 Å². The average molecular weight is 258 g/mol. The van der Waals surface area contributed by atoms with Gasteiger partial charge in [-0.1, -0.05) is 0 Å². The summed E-state index contributed by atoms with van der Waals surface area (Å²) in [5.74, 6) is 0.287. The van der Waals surface area contributed by atoms with Crippen molar-refractivity contribution in [1.29, 1.82) is 0 Å². The van der Waals surface area contributed by atoms with Gasteiger partial charge in [0.05, 0.1) is 13.2 Å². The first kappa shape index (κ1) is 12.2. The molecule has 1 fully saturated rings. The van der Waals surface area contributed by atoms with Gasteiger partial charge in [-0.2, -0.15) is 0 Å². The van der Waals surface area contributed by atoms with Crippen LogP contribution in [0.4, 0.5) is 5.82 Å². The first-order valence-electron chi connectivity index (χ1n) is 5.14. The number of rotatable bonds is 3. The Morgan fingerprint density at radius 1 is 1.35 bits per heavy atom. The third kappa shape index (κ3) is 3.13. The Morgan fingerprint density at radius 3 is 2.65 bits per heavy atom. The fourth-order valence-electron chi connectivity index (χ4n) is 1.43. The first-order chi connectivity index (χ1) is 8.08. The van der Waals surface area contributed by atoms with Crippen molar-refractivity contribution in [3.8, 4) is 0 Å². The average Bonchev–Trinajstić information content (AvgIpc) is 2.30. The molecule has 2 heterocycles. The monoisotopic (exact) mass is 258 g/mol. The van der Waals surface area contributed by atoms with E-state index >= 15 is 0 Å². The highest BCUT2D eigenvalue weighted by molar-refractivity contribution is 7.89. The minimum atomic E-state index is -3.57. The number of aromatic nitrogens is 1. The van der Waals surface area contributed by atoms with Gasteiger partial charge in [-0.3, -0.25) is 0 Å². The summed E-state index contributed by atoms with van der Waals surface area (Å²) >= 11 is 0. The van der Waals surface area contributed by atoms with Crippen LogP contribution < -0.4 is 10.6 Å². The highest BCUT2D eigenvalue weighted by atomic mass is 32.2. The number of nitrogens with zero attached hydrogens (tertiary/aromatic N) is 2. The smallest absolute Gasteiger partial charge is 0.254 e. The molecule has 0 radical (unpaired) electrons. The third-order valence-electron chi connectivity index (χ3n) is 2.33. The standard InChI is InChI=1S/C9H14N4O3S/c10-9-2-1-8(7-11-9)17(14,15)12-13-3-5-16-6-4-13/h1-2,7,12H,3-6H2,(H2,10,11). The molecule has 7 nitrogen and oxygen atoms in total. The lowest BCUT2D eigenvalue weighted by molar-refractivity contribution is 0.0272. The molecule has 0 saturated carbocycles. The van der Waals surface area contributed by atoms with E-state index < -0.39 is 10.0 Å². The van der Waals surface area contributed by atoms with Crippen molar-refractivity contribution < 1.29 is 13.2 Å². The Morgan fingerprint density at radius 2 is 2.06 bits per heavy atom. The molecule has 1 saturated heterocycles. The molecule has 0 aromatic carbocycles. The maximum Gasteiger partial charge on any atom is 0.254 e. The number of nitrogen functional groups attached to an aromatic ring is 1. The number of morpholine rings is 1. The van der Waals surface area contributed by atoms with Crippen LogP contribution >= 0.6 is 0 Å². The molecule has 0 aliphatic carbocycles. The summed E-state index contributed by atoms with van der Waals surface area (Å²) in [6, 6.07) is 2.87. The molecule has 1 aliphatic rings. The van der Waals surface area contributed by atoms with Gasteiger partial charge in [-0.25, -0.2) is 18.4 Å². The van der Waals surface area contributed by atoms with Gasteiger partial charge in [0.25, 0.3) is 10.0 Å². The maximum absolute atomic E-state index is 11.9. The van der Waals surface area contributed by atoms with Gasteiger partial charge in [0.1, 0.15) is 10.7 Å². The van der Waals surface area contributed by atoms with Crippen molar-refractivity contribution >= 4 is 15.8 Å². The second-order valence-corrected chi connectivity index (χ2v) is 5.27. The van der Waals surface area contributed by atoms with Crippen LogP contribution in [-0.4, -0.2) is 44.7 Å². The summed E-state index contributed by atoms with van der Waals surface area (Å²) in [6.07, 6.45) is 1.23. The van der Waals surface area contributed by atoms with E-state index in [1.165, 1.54) is 18.3 Å². The minimum absolute atomic E-state index is 0.0955. The zero-order chi connectivity index (χ0) is 12.3. The molecule has 3 N–H and O–H groups in total. The fraction of sp³-hybridized carbons (Fsp3) is 0.444. The predicted octanol–water partition coefficient (Wildman–Crippen LogP) is -0.811. The van der Waals surface area contributed by atoms with E-state index in [9.17, 15) is 8.42 Å². The molecule has 0 bridgehead atoms. The Kier molecular flexibility index (Phi) is 3.57. The number of ether oxygens (including phenoxy) is 1. The summed E-state index contributed by atoms with van der Waals surface area (Å²) in [4.78, 5) is 6.33. The van der Waals surface area contributed by atoms with Gasteiger partial charge in [0.2, 0.25) is 0 Å². The molecule has 0 atom stereocenters. The molecule has 0 amide bonds. The quantitative estimate of drug-likeness (QED) is 0.736. The van der Waals surface area contributed by atoms with Crippen molar-refractivity contribution in [2.24, 2.45) is 0 Å². The molecule has 1 aromatic rings. The molecule has 0 spiro atoms. The molecule has 17 heavy (non-hydrogen) atoms. The maximum atomic E-state index is 11.9. The van der Waals surface area contributed by atoms with Gasteiger partial charge >= 0.3 is 0 Å². The van der Waals surface area contributed by atoms with E-state index in [2.05, 4.69) is 9.82 Å². The number of nitrogens with one attached hydrogen (secondary N) is 1. The van der Waals surface area contributed by atoms with Gasteiger partial charge in [-0.15, -0.1) is 4.83 Å². The SMILES string of the molecule is Nc1ccc(S(=O)(=O)NN2CCOCC2)cn1. The van der Waals surface area contributed by atoms with E-state index in [-0.39, 0.29) is 10.7 Å². The summed E-state index contributed by atoms with van der Waals surface area (Å²) in [5.41, 5.74) is 5.40. The van der Waals surface area contributed by atoms with Crippen LogP contribution in [0.5, 0.6) is 0 Å². The van der Waals surface area contributed by atoms with Gasteiger partial charge in [0, 0.05) is 19.3 Å². The highest BCUT2D eigenvalue weighted by Gasteiger charge is 2.20. The lowest BCUT2D eigenvalue weighted by Gasteiger charge is -2.26. The van der Waals surface area contributed by atoms with E-state index in [1.807, 2.05) is 0 Å². The normalized spacial score (nSPS) is 18.1. The highest BCUT2D eigenvalue weighted by Crippen LogP contribution is 2.09. The number of sulfonamides is 1. The van der Waals surface area contributed by atoms with E-state index in [0.29, 0.717) is 26.3 Å². The summed E-state index contributed by atoms with van der Waals surface area (Å²) in [7, 11) is -3.57. The molecule has 1 aromatic heterocycles. The van der Waals surface area contributed by atoms with Crippen LogP contribution in [0.1, 0.15) is 0 Å². The lowest BCUT2D eigenvalue weighted by atomic mass is 10.5. The van der Waals surface area contributed by atoms with Crippen LogP contribution in [0.15, 0.2) is 23.2 Å². The Labute approximate surface area is 99.6 Å². The summed E-state index contributed by atoms with van der Waals surface area (Å²) < 4.78 is 29.0. The van der Waals surface area contributed by atoms with Crippen molar-refractivity contribution in [1.82, 2.24) is 14.8 Å². The van der Waals surface area contributed by atoms with Crippen molar-refractivity contribution in [2.45, 2.75) is 4.90 Å². The van der Waals surface area contributed by atoms with Crippen molar-refractivity contribution in [3.05, 3.63) is 18.3 Å². The van der Waals surface area contributed by atoms with Gasteiger partial charge in [-0.05, 0) is 12.1 Å². The molecule has 8 heteroatoms. The number of anilines is 1. The zero-order valence-electron chi connectivity index (χ0n) is 9.17. The van der Waals surface area contributed by atoms with Gasteiger partial charge < -0.3 is 10.5 Å². The Bertz CT molecular complexity index is 468. The summed E-state index contributed by atoms with van der Waals surface area (Å²) in [6.45, 7) is 2.09. The molecule has 0 unspecified atom stereocenters. The van der Waals surface area contributed by atoms with Crippen LogP contribution in [0.25, 0.3) is 0 Å². The Hall–Kier alpha value is -1.22. The number of hydrogen-bond acceptors (Lipinski definition) is 6. The molecule has 2 rings (SSSR count). The second-order valence-electron chi connectivity index (χ2n) is 3.61. The molecular weight excluding hydrogens is 244 g/mol. The van der Waals surface area contributed by atoms with Crippen molar-refractivity contribution in [3.63, 3.8) is 0 Å². The van der Waals surface area contributed by atoms with Crippen LogP contribution in [-0.2, 0) is 14.8 Å². The van der Waals surface area contributed by atoms with Crippen molar-refractivity contribution in [2.75, 3.05) is 32.0 Å². The molecule has 1 aliphatic heterocycles. The third-order valence-corrected chi connectivity index (χ3v) is 3.69. The topological polar surface area (TPSA) is 97.5 Å². The van der Waals surface area contributed by atoms with Crippen LogP contribution in [0, 0.1) is 0 Å². The fourth-order valence-corrected chi connectivity index (χ4v) is 2.49. The summed E-state index contributed by atoms with van der Waals surface area (Å²) in [5, 5.41) is 1.61. The zero-order valence-corrected chi connectivity index (χ0v) is 9.98. The lowest BCUT2D eigenvalue weighted by Crippen LogP contribution is -2.48. The number of hydrogen-bond donors (Lipinski definition) is 2. The number of hydrazine groups is 1. The van der Waals surface area contributed by atoms with E-state index in [0.717, 1.165) is 0 Å². The largest absolute Gasteiger partial charge is 0.384 e. The minimum Gasteiger partial charge on any atom is -0.384 e. The molecular formula is C9H14N4O3S. The van der Waals surface area contributed by atoms with Gasteiger partial charge in [0.15, 0.2) is 0 Å². The number of nitrogens with two attached hydrogens (primary N) is 1. The predicted molar refractivity (Wildman–Crippen MR) is 61.4 cm³/mol. The van der Waals surface area contributed by atoms with Crippen LogP contribution in [0.2, 0.25) is 0 Å². The molecule has 94 valence electrons. The Balaban J connectivity index is 2.10. The van der Waals surface area contributed by atoms with Crippen LogP contribution in [0.3, 0.4) is 0 Å². The van der Waals surface area contributed by atoms with E-state index in [1.54, 1.807) is 5.01 Å². The second kappa shape index (κ2) is 4.96.